The highest BCUT2D eigenvalue weighted by atomic mass is 32.2. The summed E-state index contributed by atoms with van der Waals surface area (Å²) in [6, 6.07) is 0.250. The Morgan fingerprint density at radius 3 is 2.56 bits per heavy atom. The van der Waals surface area contributed by atoms with Crippen LogP contribution in [-0.2, 0) is 10.0 Å². The Bertz CT molecular complexity index is 356. The molecule has 1 fully saturated rings. The molecule has 1 heterocycles. The number of piperazine rings is 1. The maximum absolute atomic E-state index is 11.9. The van der Waals surface area contributed by atoms with E-state index >= 15 is 0 Å². The molecule has 1 aliphatic heterocycles. The summed E-state index contributed by atoms with van der Waals surface area (Å²) in [4.78, 5) is 2.29. The second-order valence-electron chi connectivity index (χ2n) is 4.06. The lowest BCUT2D eigenvalue weighted by Crippen LogP contribution is -2.54. The quantitative estimate of drug-likeness (QED) is 0.703. The Hall–Kier alpha value is -0.240. The summed E-state index contributed by atoms with van der Waals surface area (Å²) in [6.45, 7) is 6.89. The van der Waals surface area contributed by atoms with Crippen molar-refractivity contribution >= 4 is 27.2 Å². The van der Waals surface area contributed by atoms with Gasteiger partial charge < -0.3 is 5.73 Å². The van der Waals surface area contributed by atoms with E-state index in [2.05, 4.69) is 24.0 Å². The molecule has 7 heteroatoms. The number of thiocarbonyl (C=S) groups is 1. The molecular weight excluding hydrogens is 246 g/mol. The van der Waals surface area contributed by atoms with Crippen LogP contribution in [0.25, 0.3) is 0 Å². The van der Waals surface area contributed by atoms with Crippen molar-refractivity contribution in [2.75, 3.05) is 31.9 Å². The molecular formula is C9H19N3O2S2. The maximum atomic E-state index is 11.9. The molecule has 1 aliphatic rings. The first kappa shape index (κ1) is 13.8. The second kappa shape index (κ2) is 5.39. The molecule has 2 N–H and O–H groups in total. The summed E-state index contributed by atoms with van der Waals surface area (Å²) in [5, 5.41) is 0. The van der Waals surface area contributed by atoms with Crippen LogP contribution < -0.4 is 5.73 Å². The normalized spacial score (nSPS) is 24.5. The van der Waals surface area contributed by atoms with E-state index in [9.17, 15) is 8.42 Å². The second-order valence-corrected chi connectivity index (χ2v) is 6.55. The lowest BCUT2D eigenvalue weighted by molar-refractivity contribution is 0.136. The topological polar surface area (TPSA) is 66.6 Å². The van der Waals surface area contributed by atoms with Crippen LogP contribution in [-0.4, -0.2) is 60.6 Å². The van der Waals surface area contributed by atoms with Crippen molar-refractivity contribution in [3.63, 3.8) is 0 Å². The Morgan fingerprint density at radius 1 is 1.50 bits per heavy atom. The molecule has 0 aromatic carbocycles. The van der Waals surface area contributed by atoms with Gasteiger partial charge in [0.2, 0.25) is 10.0 Å². The van der Waals surface area contributed by atoms with Gasteiger partial charge in [0.1, 0.15) is 5.75 Å². The van der Waals surface area contributed by atoms with Gasteiger partial charge >= 0.3 is 0 Å². The van der Waals surface area contributed by atoms with Gasteiger partial charge in [0, 0.05) is 25.7 Å². The molecule has 0 aromatic heterocycles. The van der Waals surface area contributed by atoms with Crippen molar-refractivity contribution < 1.29 is 8.42 Å². The van der Waals surface area contributed by atoms with E-state index in [4.69, 9.17) is 5.73 Å². The fourth-order valence-electron chi connectivity index (χ4n) is 1.96. The average molecular weight is 265 g/mol. The first-order valence-corrected chi connectivity index (χ1v) is 7.38. The first-order valence-electron chi connectivity index (χ1n) is 5.37. The molecule has 5 nitrogen and oxygen atoms in total. The summed E-state index contributed by atoms with van der Waals surface area (Å²) >= 11 is 4.65. The Labute approximate surface area is 103 Å². The Balaban J connectivity index is 2.67. The van der Waals surface area contributed by atoms with Crippen LogP contribution in [0.5, 0.6) is 0 Å². The molecule has 0 radical (unpaired) electrons. The summed E-state index contributed by atoms with van der Waals surface area (Å²) in [6.07, 6.45) is 0. The van der Waals surface area contributed by atoms with E-state index in [1.165, 1.54) is 4.31 Å². The molecule has 1 atom stereocenters. The third kappa shape index (κ3) is 3.38. The molecule has 0 saturated carbocycles. The zero-order chi connectivity index (χ0) is 12.3. The number of nitrogens with two attached hydrogens (primary N) is 1. The minimum Gasteiger partial charge on any atom is -0.392 e. The highest BCUT2D eigenvalue weighted by molar-refractivity contribution is 7.92. The van der Waals surface area contributed by atoms with Crippen LogP contribution in [0.4, 0.5) is 0 Å². The predicted molar refractivity (Wildman–Crippen MR) is 68.9 cm³/mol. The maximum Gasteiger partial charge on any atom is 0.220 e. The van der Waals surface area contributed by atoms with Gasteiger partial charge in [-0.2, -0.15) is 4.31 Å². The lowest BCUT2D eigenvalue weighted by atomic mass is 10.2. The summed E-state index contributed by atoms with van der Waals surface area (Å²) < 4.78 is 25.2. The number of likely N-dealkylation sites (N-methyl/N-ethyl adjacent to an activating group) is 1. The smallest absolute Gasteiger partial charge is 0.220 e. The van der Waals surface area contributed by atoms with Crippen LogP contribution in [0.2, 0.25) is 0 Å². The van der Waals surface area contributed by atoms with E-state index in [-0.39, 0.29) is 16.8 Å². The van der Waals surface area contributed by atoms with Gasteiger partial charge in [0.05, 0.1) is 4.99 Å². The van der Waals surface area contributed by atoms with Gasteiger partial charge in [-0.05, 0) is 13.5 Å². The van der Waals surface area contributed by atoms with Crippen molar-refractivity contribution in [1.29, 1.82) is 0 Å². The van der Waals surface area contributed by atoms with E-state index in [0.29, 0.717) is 13.1 Å². The van der Waals surface area contributed by atoms with Gasteiger partial charge in [-0.3, -0.25) is 4.90 Å². The summed E-state index contributed by atoms with van der Waals surface area (Å²) in [7, 11) is -3.31. The van der Waals surface area contributed by atoms with Crippen LogP contribution in [0.15, 0.2) is 0 Å². The fraction of sp³-hybridized carbons (Fsp3) is 0.889. The molecule has 0 aromatic rings. The molecule has 1 unspecified atom stereocenters. The number of nitrogens with zero attached hydrogens (tertiary/aromatic N) is 2. The third-order valence-electron chi connectivity index (χ3n) is 2.85. The summed E-state index contributed by atoms with van der Waals surface area (Å²) in [5.41, 5.74) is 5.29. The first-order chi connectivity index (χ1) is 7.36. The van der Waals surface area contributed by atoms with E-state index < -0.39 is 10.0 Å². The van der Waals surface area contributed by atoms with Gasteiger partial charge in [-0.15, -0.1) is 0 Å². The minimum atomic E-state index is -3.31. The third-order valence-corrected chi connectivity index (χ3v) is 4.97. The van der Waals surface area contributed by atoms with Crippen LogP contribution >= 0.6 is 12.2 Å². The number of hydrogen-bond acceptors (Lipinski definition) is 4. The minimum absolute atomic E-state index is 0.0329. The Kier molecular flexibility index (Phi) is 4.66. The molecule has 1 saturated heterocycles. The molecule has 0 spiro atoms. The molecule has 94 valence electrons. The summed E-state index contributed by atoms with van der Waals surface area (Å²) in [5.74, 6) is -0.221. The SMILES string of the molecule is CCN1CCN(S(=O)(=O)CC(N)=S)CC1C. The molecule has 0 bridgehead atoms. The zero-order valence-electron chi connectivity index (χ0n) is 9.72. The van der Waals surface area contributed by atoms with Gasteiger partial charge in [0.25, 0.3) is 0 Å². The van der Waals surface area contributed by atoms with Crippen molar-refractivity contribution in [1.82, 2.24) is 9.21 Å². The van der Waals surface area contributed by atoms with Gasteiger partial charge in [-0.25, -0.2) is 8.42 Å². The molecule has 16 heavy (non-hydrogen) atoms. The van der Waals surface area contributed by atoms with Gasteiger partial charge in [-0.1, -0.05) is 19.1 Å². The van der Waals surface area contributed by atoms with Crippen molar-refractivity contribution in [2.24, 2.45) is 5.73 Å². The number of sulfonamides is 1. The zero-order valence-corrected chi connectivity index (χ0v) is 11.4. The van der Waals surface area contributed by atoms with Crippen molar-refractivity contribution in [2.45, 2.75) is 19.9 Å². The average Bonchev–Trinajstić information content (AvgIpc) is 2.15. The van der Waals surface area contributed by atoms with Crippen LogP contribution in [0.1, 0.15) is 13.8 Å². The van der Waals surface area contributed by atoms with E-state index in [1.54, 1.807) is 0 Å². The highest BCUT2D eigenvalue weighted by Crippen LogP contribution is 2.13. The predicted octanol–water partition coefficient (Wildman–Crippen LogP) is -0.372. The van der Waals surface area contributed by atoms with Crippen LogP contribution in [0, 0.1) is 0 Å². The van der Waals surface area contributed by atoms with Gasteiger partial charge in [0.15, 0.2) is 0 Å². The molecule has 0 amide bonds. The molecule has 0 aliphatic carbocycles. The fourth-order valence-corrected chi connectivity index (χ4v) is 3.75. The monoisotopic (exact) mass is 265 g/mol. The lowest BCUT2D eigenvalue weighted by Gasteiger charge is -2.38. The number of rotatable bonds is 4. The van der Waals surface area contributed by atoms with E-state index in [0.717, 1.165) is 13.1 Å². The standard InChI is InChI=1S/C9H19N3O2S2/c1-3-11-4-5-12(6-8(11)2)16(13,14)7-9(10)15/h8H,3-7H2,1-2H3,(H2,10,15). The highest BCUT2D eigenvalue weighted by Gasteiger charge is 2.30. The molecule has 1 rings (SSSR count). The van der Waals surface area contributed by atoms with E-state index in [1.807, 2.05) is 6.92 Å². The van der Waals surface area contributed by atoms with Crippen LogP contribution in [0.3, 0.4) is 0 Å². The van der Waals surface area contributed by atoms with Crippen molar-refractivity contribution in [3.8, 4) is 0 Å². The Morgan fingerprint density at radius 2 is 2.12 bits per heavy atom. The largest absolute Gasteiger partial charge is 0.392 e. The number of hydrogen-bond donors (Lipinski definition) is 1. The van der Waals surface area contributed by atoms with Crippen molar-refractivity contribution in [3.05, 3.63) is 0 Å².